The molecule has 1 aromatic carbocycles. The van der Waals surface area contributed by atoms with E-state index in [0.717, 1.165) is 17.5 Å². The second-order valence-electron chi connectivity index (χ2n) is 5.45. The highest BCUT2D eigenvalue weighted by Gasteiger charge is 2.23. The minimum atomic E-state index is -3.47. The van der Waals surface area contributed by atoms with Crippen LogP contribution in [0.3, 0.4) is 0 Å². The van der Waals surface area contributed by atoms with Gasteiger partial charge in [0, 0.05) is 12.6 Å². The summed E-state index contributed by atoms with van der Waals surface area (Å²) in [6.07, 6.45) is 0.784. The van der Waals surface area contributed by atoms with Crippen LogP contribution in [-0.2, 0) is 16.6 Å². The van der Waals surface area contributed by atoms with E-state index in [4.69, 9.17) is 0 Å². The monoisotopic (exact) mass is 298 g/mol. The highest BCUT2D eigenvalue weighted by atomic mass is 32.2. The van der Waals surface area contributed by atoms with E-state index in [0.29, 0.717) is 11.4 Å². The van der Waals surface area contributed by atoms with Crippen LogP contribution in [0.15, 0.2) is 23.1 Å². The first-order valence-corrected chi connectivity index (χ1v) is 8.57. The molecule has 0 bridgehead atoms. The van der Waals surface area contributed by atoms with E-state index in [1.807, 2.05) is 40.8 Å². The van der Waals surface area contributed by atoms with Gasteiger partial charge in [-0.05, 0) is 43.5 Å². The van der Waals surface area contributed by atoms with Crippen molar-refractivity contribution in [3.63, 3.8) is 0 Å². The van der Waals surface area contributed by atoms with Gasteiger partial charge in [-0.1, -0.05) is 32.9 Å². The lowest BCUT2D eigenvalue weighted by Gasteiger charge is -2.21. The third-order valence-electron chi connectivity index (χ3n) is 3.60. The average molecular weight is 298 g/mol. The lowest BCUT2D eigenvalue weighted by atomic mass is 10.0. The van der Waals surface area contributed by atoms with Gasteiger partial charge in [0.05, 0.1) is 4.90 Å². The minimum absolute atomic E-state index is 0.0349. The molecule has 0 aliphatic carbocycles. The quantitative estimate of drug-likeness (QED) is 0.813. The molecule has 0 aliphatic heterocycles. The zero-order valence-corrected chi connectivity index (χ0v) is 13.8. The summed E-state index contributed by atoms with van der Waals surface area (Å²) >= 11 is 0. The van der Waals surface area contributed by atoms with Crippen LogP contribution in [0.4, 0.5) is 0 Å². The largest absolute Gasteiger partial charge is 0.316 e. The maximum Gasteiger partial charge on any atom is 0.241 e. The third kappa shape index (κ3) is 4.04. The number of hydrogen-bond donors (Lipinski definition) is 2. The molecule has 0 fully saturated rings. The predicted octanol–water partition coefficient (Wildman–Crippen LogP) is 2.43. The van der Waals surface area contributed by atoms with Crippen LogP contribution >= 0.6 is 0 Å². The molecular formula is C15H26N2O2S. The molecule has 2 N–H and O–H groups in total. The van der Waals surface area contributed by atoms with Crippen LogP contribution in [-0.4, -0.2) is 21.5 Å². The molecule has 0 aliphatic rings. The third-order valence-corrected chi connectivity index (χ3v) is 5.24. The van der Waals surface area contributed by atoms with Gasteiger partial charge in [-0.15, -0.1) is 0 Å². The van der Waals surface area contributed by atoms with Crippen molar-refractivity contribution in [1.29, 1.82) is 0 Å². The van der Waals surface area contributed by atoms with Crippen LogP contribution in [0, 0.1) is 12.8 Å². The predicted molar refractivity (Wildman–Crippen MR) is 83.2 cm³/mol. The molecule has 5 heteroatoms. The number of hydrogen-bond acceptors (Lipinski definition) is 3. The normalized spacial score (nSPS) is 13.7. The summed E-state index contributed by atoms with van der Waals surface area (Å²) in [5.74, 6) is 0.274. The second kappa shape index (κ2) is 7.20. The molecule has 20 heavy (non-hydrogen) atoms. The summed E-state index contributed by atoms with van der Waals surface area (Å²) < 4.78 is 27.9. The van der Waals surface area contributed by atoms with E-state index in [-0.39, 0.29) is 12.0 Å². The Bertz CT molecular complexity index is 539. The highest BCUT2D eigenvalue weighted by Crippen LogP contribution is 2.20. The fourth-order valence-electron chi connectivity index (χ4n) is 2.29. The summed E-state index contributed by atoms with van der Waals surface area (Å²) in [5.41, 5.74) is 1.82. The van der Waals surface area contributed by atoms with Crippen LogP contribution in [0.25, 0.3) is 0 Å². The van der Waals surface area contributed by atoms with Gasteiger partial charge >= 0.3 is 0 Å². The molecule has 4 nitrogen and oxygen atoms in total. The van der Waals surface area contributed by atoms with E-state index < -0.39 is 10.0 Å². The Morgan fingerprint density at radius 2 is 1.90 bits per heavy atom. The van der Waals surface area contributed by atoms with Crippen molar-refractivity contribution in [2.45, 2.75) is 51.6 Å². The van der Waals surface area contributed by atoms with Gasteiger partial charge < -0.3 is 5.32 Å². The maximum absolute atomic E-state index is 12.6. The molecule has 0 saturated carbocycles. The van der Waals surface area contributed by atoms with E-state index in [9.17, 15) is 8.42 Å². The molecule has 0 amide bonds. The molecule has 0 aromatic heterocycles. The van der Waals surface area contributed by atoms with Crippen LogP contribution in [0.1, 0.15) is 38.3 Å². The lowest BCUT2D eigenvalue weighted by Crippen LogP contribution is -2.38. The topological polar surface area (TPSA) is 58.2 Å². The van der Waals surface area contributed by atoms with Crippen LogP contribution in [0.5, 0.6) is 0 Å². The Kier molecular flexibility index (Phi) is 6.17. The van der Waals surface area contributed by atoms with Crippen molar-refractivity contribution < 1.29 is 8.42 Å². The molecule has 0 spiro atoms. The lowest BCUT2D eigenvalue weighted by molar-refractivity contribution is 0.437. The molecular weight excluding hydrogens is 272 g/mol. The fraction of sp³-hybridized carbons (Fsp3) is 0.600. The summed E-state index contributed by atoms with van der Waals surface area (Å²) in [6.45, 7) is 8.58. The molecule has 0 radical (unpaired) electrons. The molecule has 0 saturated heterocycles. The number of rotatable bonds is 7. The maximum atomic E-state index is 12.6. The minimum Gasteiger partial charge on any atom is -0.316 e. The first-order valence-electron chi connectivity index (χ1n) is 7.08. The molecule has 1 atom stereocenters. The number of benzene rings is 1. The Hall–Kier alpha value is -0.910. The molecule has 1 rings (SSSR count). The summed E-state index contributed by atoms with van der Waals surface area (Å²) in [4.78, 5) is 0.379. The summed E-state index contributed by atoms with van der Waals surface area (Å²) in [7, 11) is -1.61. The smallest absolute Gasteiger partial charge is 0.241 e. The zero-order valence-electron chi connectivity index (χ0n) is 13.0. The summed E-state index contributed by atoms with van der Waals surface area (Å²) in [5, 5.41) is 3.06. The van der Waals surface area contributed by atoms with Gasteiger partial charge in [0.1, 0.15) is 0 Å². The Morgan fingerprint density at radius 1 is 1.25 bits per heavy atom. The van der Waals surface area contributed by atoms with Gasteiger partial charge in [-0.3, -0.25) is 0 Å². The van der Waals surface area contributed by atoms with Crippen molar-refractivity contribution in [2.24, 2.45) is 5.92 Å². The molecule has 1 unspecified atom stereocenters. The van der Waals surface area contributed by atoms with Gasteiger partial charge in [0.15, 0.2) is 0 Å². The first kappa shape index (κ1) is 17.1. The van der Waals surface area contributed by atoms with Crippen molar-refractivity contribution in [3.8, 4) is 0 Å². The van der Waals surface area contributed by atoms with Gasteiger partial charge in [0.25, 0.3) is 0 Å². The Morgan fingerprint density at radius 3 is 2.40 bits per heavy atom. The van der Waals surface area contributed by atoms with E-state index in [2.05, 4.69) is 10.0 Å². The van der Waals surface area contributed by atoms with Gasteiger partial charge in [-0.25, -0.2) is 13.1 Å². The van der Waals surface area contributed by atoms with Gasteiger partial charge in [0.2, 0.25) is 10.0 Å². The standard InChI is InChI=1S/C15H26N2O2S/c1-6-14(11(2)3)17-20(18,19)15-9-7-8-13(10-16-5)12(15)4/h7-9,11,14,16-17H,6,10H2,1-5H3. The number of sulfonamides is 1. The van der Waals surface area contributed by atoms with E-state index >= 15 is 0 Å². The van der Waals surface area contributed by atoms with Crippen molar-refractivity contribution in [1.82, 2.24) is 10.0 Å². The molecule has 114 valence electrons. The van der Waals surface area contributed by atoms with Crippen molar-refractivity contribution >= 4 is 10.0 Å². The van der Waals surface area contributed by atoms with E-state index in [1.165, 1.54) is 0 Å². The van der Waals surface area contributed by atoms with Gasteiger partial charge in [-0.2, -0.15) is 0 Å². The Labute approximate surface area is 123 Å². The molecule has 1 aromatic rings. The zero-order chi connectivity index (χ0) is 15.3. The fourth-order valence-corrected chi connectivity index (χ4v) is 4.04. The Balaban J connectivity index is 3.12. The first-order chi connectivity index (χ1) is 9.33. The number of nitrogens with one attached hydrogen (secondary N) is 2. The SMILES string of the molecule is CCC(NS(=O)(=O)c1cccc(CNC)c1C)C(C)C. The highest BCUT2D eigenvalue weighted by molar-refractivity contribution is 7.89. The van der Waals surface area contributed by atoms with Crippen LogP contribution < -0.4 is 10.0 Å². The molecule has 0 heterocycles. The summed E-state index contributed by atoms with van der Waals surface area (Å²) in [6, 6.07) is 5.38. The average Bonchev–Trinajstić information content (AvgIpc) is 2.38. The van der Waals surface area contributed by atoms with E-state index in [1.54, 1.807) is 12.1 Å². The second-order valence-corrected chi connectivity index (χ2v) is 7.13. The van der Waals surface area contributed by atoms with Crippen molar-refractivity contribution in [3.05, 3.63) is 29.3 Å². The van der Waals surface area contributed by atoms with Crippen LogP contribution in [0.2, 0.25) is 0 Å². The van der Waals surface area contributed by atoms with Crippen molar-refractivity contribution in [2.75, 3.05) is 7.05 Å².